The highest BCUT2D eigenvalue weighted by Gasteiger charge is 2.34. The molecule has 3 atom stereocenters. The fourth-order valence-electron chi connectivity index (χ4n) is 4.92. The van der Waals surface area contributed by atoms with Gasteiger partial charge < -0.3 is 19.8 Å². The molecule has 3 aromatic rings. The van der Waals surface area contributed by atoms with Gasteiger partial charge in [-0.25, -0.2) is 8.78 Å². The van der Waals surface area contributed by atoms with E-state index in [2.05, 4.69) is 9.88 Å². The first-order valence-electron chi connectivity index (χ1n) is 12.1. The number of carboxylic acids is 1. The van der Waals surface area contributed by atoms with E-state index < -0.39 is 29.6 Å². The fourth-order valence-corrected chi connectivity index (χ4v) is 6.17. The van der Waals surface area contributed by atoms with Gasteiger partial charge in [0.2, 0.25) is 0 Å². The molecule has 37 heavy (non-hydrogen) atoms. The van der Waals surface area contributed by atoms with Crippen molar-refractivity contribution >= 4 is 40.2 Å². The lowest BCUT2D eigenvalue weighted by atomic mass is 9.81. The number of aliphatic hydroxyl groups excluding tert-OH is 1. The highest BCUT2D eigenvalue weighted by molar-refractivity contribution is 7.99. The van der Waals surface area contributed by atoms with Gasteiger partial charge in [-0.1, -0.05) is 11.6 Å². The predicted octanol–water partition coefficient (Wildman–Crippen LogP) is 5.80. The summed E-state index contributed by atoms with van der Waals surface area (Å²) in [6.45, 7) is 1.64. The normalized spacial score (nSPS) is 19.2. The van der Waals surface area contributed by atoms with E-state index in [4.69, 9.17) is 16.3 Å². The Bertz CT molecular complexity index is 1260. The van der Waals surface area contributed by atoms with E-state index in [-0.39, 0.29) is 10.8 Å². The first kappa shape index (κ1) is 27.6. The Hall–Kier alpha value is -2.46. The summed E-state index contributed by atoms with van der Waals surface area (Å²) in [4.78, 5) is 18.7. The fraction of sp³-hybridized carbons (Fsp3) is 0.407. The van der Waals surface area contributed by atoms with Crippen LogP contribution in [0.3, 0.4) is 0 Å². The summed E-state index contributed by atoms with van der Waals surface area (Å²) >= 11 is 7.63. The van der Waals surface area contributed by atoms with E-state index in [0.29, 0.717) is 71.9 Å². The second-order valence-electron chi connectivity index (χ2n) is 9.21. The lowest BCUT2D eigenvalue weighted by Gasteiger charge is -2.37. The van der Waals surface area contributed by atoms with E-state index in [1.807, 2.05) is 0 Å². The predicted molar refractivity (Wildman–Crippen MR) is 140 cm³/mol. The molecule has 0 radical (unpaired) electrons. The van der Waals surface area contributed by atoms with Gasteiger partial charge in [0.05, 0.1) is 29.7 Å². The number of carbonyl (C=O) groups is 1. The van der Waals surface area contributed by atoms with Crippen molar-refractivity contribution in [3.63, 3.8) is 0 Å². The number of hydrogen-bond donors (Lipinski definition) is 2. The number of aliphatic hydroxyl groups is 1. The van der Waals surface area contributed by atoms with Crippen LogP contribution >= 0.6 is 23.4 Å². The minimum Gasteiger partial charge on any atom is -0.497 e. The van der Waals surface area contributed by atoms with Crippen LogP contribution in [0.25, 0.3) is 10.9 Å². The maximum Gasteiger partial charge on any atom is 0.308 e. The molecule has 198 valence electrons. The van der Waals surface area contributed by atoms with Gasteiger partial charge in [-0.2, -0.15) is 0 Å². The van der Waals surface area contributed by atoms with Gasteiger partial charge in [0.25, 0.3) is 0 Å². The number of aliphatic carboxylic acids is 1. The van der Waals surface area contributed by atoms with Gasteiger partial charge in [0.1, 0.15) is 17.4 Å². The van der Waals surface area contributed by atoms with Gasteiger partial charge in [0.15, 0.2) is 0 Å². The van der Waals surface area contributed by atoms with Crippen LogP contribution in [0.5, 0.6) is 5.75 Å². The Morgan fingerprint density at radius 3 is 2.86 bits per heavy atom. The number of rotatable bonds is 10. The number of nitrogens with zero attached hydrogens (tertiary/aromatic N) is 2. The summed E-state index contributed by atoms with van der Waals surface area (Å²) in [5.41, 5.74) is 1.25. The zero-order valence-corrected chi connectivity index (χ0v) is 21.9. The first-order chi connectivity index (χ1) is 17.8. The molecule has 0 aliphatic carbocycles. The van der Waals surface area contributed by atoms with E-state index in [1.165, 1.54) is 24.0 Å². The zero-order chi connectivity index (χ0) is 26.5. The molecule has 1 aromatic heterocycles. The van der Waals surface area contributed by atoms with Crippen molar-refractivity contribution in [3.05, 3.63) is 64.8 Å². The molecule has 10 heteroatoms. The molecule has 6 nitrogen and oxygen atoms in total. The molecule has 1 fully saturated rings. The molecule has 1 saturated heterocycles. The number of benzene rings is 2. The Morgan fingerprint density at radius 2 is 2.11 bits per heavy atom. The van der Waals surface area contributed by atoms with Crippen LogP contribution in [0.15, 0.2) is 47.5 Å². The number of pyridine rings is 1. The molecule has 1 unspecified atom stereocenters. The average Bonchev–Trinajstić information content (AvgIpc) is 2.89. The molecule has 1 aliphatic rings. The van der Waals surface area contributed by atoms with Crippen LogP contribution < -0.4 is 4.74 Å². The minimum absolute atomic E-state index is 0.0990. The summed E-state index contributed by atoms with van der Waals surface area (Å²) in [6.07, 6.45) is 2.19. The number of fused-ring (bicyclic) bond motifs is 1. The second kappa shape index (κ2) is 12.4. The minimum atomic E-state index is -0.879. The highest BCUT2D eigenvalue weighted by atomic mass is 35.5. The van der Waals surface area contributed by atoms with Crippen molar-refractivity contribution < 1.29 is 28.5 Å². The van der Waals surface area contributed by atoms with Crippen molar-refractivity contribution in [1.82, 2.24) is 9.88 Å². The topological polar surface area (TPSA) is 82.9 Å². The van der Waals surface area contributed by atoms with Crippen LogP contribution in [-0.4, -0.2) is 58.6 Å². The van der Waals surface area contributed by atoms with Gasteiger partial charge >= 0.3 is 5.97 Å². The van der Waals surface area contributed by atoms with Crippen LogP contribution in [0.1, 0.15) is 30.9 Å². The molecule has 2 heterocycles. The smallest absolute Gasteiger partial charge is 0.308 e. The largest absolute Gasteiger partial charge is 0.497 e. The lowest BCUT2D eigenvalue weighted by molar-refractivity contribution is -0.146. The van der Waals surface area contributed by atoms with Crippen LogP contribution in [-0.2, 0) is 4.79 Å². The van der Waals surface area contributed by atoms with Crippen LogP contribution in [0.2, 0.25) is 5.02 Å². The maximum atomic E-state index is 13.9. The number of carboxylic acid groups (broad SMARTS) is 1. The number of aromatic nitrogens is 1. The standard InChI is InChI=1S/C27H29ClF2N2O4S/c1-36-18-4-6-23-19(13-18)26(21(28)14-31-23)24(33)7-2-16-8-9-32(15-20(16)27(34)35)10-11-37-25-12-17(29)3-5-22(25)30/h3-6,12-14,16,20,24,33H,2,7-11,15H2,1H3,(H,34,35)/t16-,20+,24?/m0/s1. The summed E-state index contributed by atoms with van der Waals surface area (Å²) < 4.78 is 32.6. The Balaban J connectivity index is 1.36. The van der Waals surface area contributed by atoms with Crippen LogP contribution in [0.4, 0.5) is 8.78 Å². The molecular formula is C27H29ClF2N2O4S. The maximum absolute atomic E-state index is 13.9. The molecule has 0 spiro atoms. The van der Waals surface area contributed by atoms with Crippen LogP contribution in [0, 0.1) is 23.5 Å². The zero-order valence-electron chi connectivity index (χ0n) is 20.4. The van der Waals surface area contributed by atoms with E-state index in [1.54, 1.807) is 25.3 Å². The Labute approximate surface area is 223 Å². The SMILES string of the molecule is COc1ccc2ncc(Cl)c(C(O)CC[C@H]3CCN(CCSc4cc(F)ccc4F)C[C@H]3C(=O)O)c2c1. The van der Waals surface area contributed by atoms with Gasteiger partial charge in [0, 0.05) is 40.9 Å². The van der Waals surface area contributed by atoms with Gasteiger partial charge in [-0.05, 0) is 68.1 Å². The van der Waals surface area contributed by atoms with Crippen molar-refractivity contribution in [2.75, 3.05) is 32.5 Å². The third-order valence-corrected chi connectivity index (χ3v) is 8.24. The lowest BCUT2D eigenvalue weighted by Crippen LogP contribution is -2.44. The third kappa shape index (κ3) is 6.71. The number of ether oxygens (including phenoxy) is 1. The van der Waals surface area contributed by atoms with E-state index >= 15 is 0 Å². The van der Waals surface area contributed by atoms with Crippen molar-refractivity contribution in [3.8, 4) is 5.75 Å². The van der Waals surface area contributed by atoms with Crippen molar-refractivity contribution in [2.45, 2.75) is 30.3 Å². The summed E-state index contributed by atoms with van der Waals surface area (Å²) in [7, 11) is 1.56. The molecule has 2 aromatic carbocycles. The summed E-state index contributed by atoms with van der Waals surface area (Å²) in [6, 6.07) is 8.75. The van der Waals surface area contributed by atoms with E-state index in [9.17, 15) is 23.8 Å². The Kier molecular flexibility index (Phi) is 9.23. The number of thioether (sulfide) groups is 1. The van der Waals surface area contributed by atoms with Gasteiger partial charge in [-0.3, -0.25) is 9.78 Å². The van der Waals surface area contributed by atoms with Gasteiger partial charge in [-0.15, -0.1) is 11.8 Å². The monoisotopic (exact) mass is 550 g/mol. The van der Waals surface area contributed by atoms with Crippen molar-refractivity contribution in [1.29, 1.82) is 0 Å². The van der Waals surface area contributed by atoms with Crippen molar-refractivity contribution in [2.24, 2.45) is 11.8 Å². The number of hydrogen-bond acceptors (Lipinski definition) is 6. The molecule has 0 saturated carbocycles. The number of methoxy groups -OCH3 is 1. The third-order valence-electron chi connectivity index (χ3n) is 6.93. The molecule has 2 N–H and O–H groups in total. The molecule has 0 amide bonds. The quantitative estimate of drug-likeness (QED) is 0.308. The molecular weight excluding hydrogens is 522 g/mol. The molecule has 4 rings (SSSR count). The van der Waals surface area contributed by atoms with E-state index in [0.717, 1.165) is 12.1 Å². The number of piperidine rings is 1. The number of likely N-dealkylation sites (tertiary alicyclic amines) is 1. The Morgan fingerprint density at radius 1 is 1.30 bits per heavy atom. The highest BCUT2D eigenvalue weighted by Crippen LogP contribution is 2.37. The molecule has 1 aliphatic heterocycles. The number of halogens is 3. The first-order valence-corrected chi connectivity index (χ1v) is 13.5. The average molecular weight is 551 g/mol. The second-order valence-corrected chi connectivity index (χ2v) is 10.8. The molecule has 0 bridgehead atoms. The summed E-state index contributed by atoms with van der Waals surface area (Å²) in [5.74, 6) is -1.36. The summed E-state index contributed by atoms with van der Waals surface area (Å²) in [5, 5.41) is 22.0.